The molecule has 0 fully saturated rings. The first-order valence-electron chi connectivity index (χ1n) is 27.4. The van der Waals surface area contributed by atoms with Crippen LogP contribution in [0, 0.1) is 20.8 Å². The number of nitrogens with one attached hydrogen (secondary N) is 6. The van der Waals surface area contributed by atoms with Crippen molar-refractivity contribution in [3.05, 3.63) is 117 Å². The smallest absolute Gasteiger partial charge is 0.338 e. The highest BCUT2D eigenvalue weighted by molar-refractivity contribution is 8.77. The second kappa shape index (κ2) is 27.1. The van der Waals surface area contributed by atoms with Crippen LogP contribution in [0.3, 0.4) is 0 Å². The summed E-state index contributed by atoms with van der Waals surface area (Å²) in [7, 11) is 1.85. The minimum Gasteiger partial charge on any atom is -0.508 e. The summed E-state index contributed by atoms with van der Waals surface area (Å²) in [6, 6.07) is 8.07. The lowest BCUT2D eigenvalue weighted by molar-refractivity contribution is -0.142. The van der Waals surface area contributed by atoms with Gasteiger partial charge in [0, 0.05) is 106 Å². The van der Waals surface area contributed by atoms with E-state index in [-0.39, 0.29) is 86.0 Å². The first-order chi connectivity index (χ1) is 39.7. The highest BCUT2D eigenvalue weighted by atomic mass is 33.1. The molecule has 5 aromatic rings. The van der Waals surface area contributed by atoms with Crippen LogP contribution in [-0.2, 0) is 57.5 Å². The Morgan fingerprint density at radius 2 is 1.70 bits per heavy atom. The minimum atomic E-state index is -1.34. The van der Waals surface area contributed by atoms with Gasteiger partial charge in [-0.3, -0.25) is 24.2 Å². The number of aryl methyl sites for hydroxylation is 3. The van der Waals surface area contributed by atoms with Crippen molar-refractivity contribution < 1.29 is 53.6 Å². The van der Waals surface area contributed by atoms with Gasteiger partial charge in [-0.2, -0.15) is 0 Å². The third-order valence-corrected chi connectivity index (χ3v) is 17.8. The standard InChI is InChI=1S/C59H71N11O11S2/c1-9-38-30(4)41-22-43-32(6)40(53(67-43)34(8)54-52(59(78)79)33(7)44(68-54)24-46-39(10-2)31(5)42(65-46)23-45(38)64-41)13-14-50(72)62-15-16-80-17-18-81-26-51(73)66-48(58(76)77)27-82-83-55(60)56(74)69-47-20-35-11-12-37(71)21-49(35)70(57(47)75)29(3)19-36-25-61-28-63-36/h9,11-12,21-25,28-29,32,40,47-48,55,64-65,71H,1,10,13-20,26-27,60H2,2-8H3,(H,61,63)(H,62,72)(H,66,73)(H,69,74)(H,76,77)(H,78,79)/t29-,32+,40+,47+,48?,55-/m1/s1. The lowest BCUT2D eigenvalue weighted by atomic mass is 9.85. The third-order valence-electron chi connectivity index (χ3n) is 15.4. The molecule has 22 nitrogen and oxygen atoms in total. The van der Waals surface area contributed by atoms with Crippen molar-refractivity contribution in [3.8, 4) is 5.75 Å². The number of nitrogens with zero attached hydrogens (tertiary/aromatic N) is 4. The summed E-state index contributed by atoms with van der Waals surface area (Å²) in [6.45, 7) is 17.8. The van der Waals surface area contributed by atoms with Gasteiger partial charge >= 0.3 is 11.9 Å². The number of phenols is 1. The van der Waals surface area contributed by atoms with E-state index in [9.17, 15) is 44.1 Å². The molecule has 8 rings (SSSR count). The van der Waals surface area contributed by atoms with Gasteiger partial charge < -0.3 is 66.3 Å². The summed E-state index contributed by atoms with van der Waals surface area (Å²) in [5.74, 6) is -4.89. The zero-order chi connectivity index (χ0) is 59.8. The van der Waals surface area contributed by atoms with E-state index in [0.717, 1.165) is 89.3 Å². The van der Waals surface area contributed by atoms with E-state index in [1.807, 2.05) is 39.0 Å². The molecule has 3 aliphatic heterocycles. The van der Waals surface area contributed by atoms with Crippen LogP contribution in [0.4, 0.5) is 5.69 Å². The SMILES string of the molecule is C=Cc1c(C)c2cc3nc(c(C)c4nc(cc5[nH]c(cc1[nH]2)c(C)c5CC)C(C)=C4C(=O)O)[C@@H](CCC(=O)NCCOCCOCC(=O)NC(CSS[C@@H](N)C(=O)N[C@H]1Cc2ccc(O)cc2N([C@H](C)Cc2cnc[nH]2)C1=O)C(=O)O)[C@@H]3C. The lowest BCUT2D eigenvalue weighted by Gasteiger charge is -2.38. The molecule has 0 saturated heterocycles. The van der Waals surface area contributed by atoms with E-state index in [2.05, 4.69) is 69.3 Å². The molecule has 0 saturated carbocycles. The van der Waals surface area contributed by atoms with E-state index >= 15 is 0 Å². The molecular weight excluding hydrogens is 1100 g/mol. The highest BCUT2D eigenvalue weighted by Crippen LogP contribution is 2.43. The van der Waals surface area contributed by atoms with Gasteiger partial charge in [0.1, 0.15) is 29.8 Å². The summed E-state index contributed by atoms with van der Waals surface area (Å²) in [4.78, 5) is 104. The molecule has 0 radical (unpaired) electrons. The molecule has 6 atom stereocenters. The molecule has 83 heavy (non-hydrogen) atoms. The van der Waals surface area contributed by atoms with E-state index in [4.69, 9.17) is 25.2 Å². The number of carboxylic acids is 2. The second-order valence-electron chi connectivity index (χ2n) is 20.9. The van der Waals surface area contributed by atoms with Crippen molar-refractivity contribution in [2.75, 3.05) is 43.6 Å². The molecule has 4 amide bonds. The maximum atomic E-state index is 13.8. The Bertz CT molecular complexity index is 3520. The number of imidazole rings is 1. The van der Waals surface area contributed by atoms with Crippen LogP contribution in [0.1, 0.15) is 114 Å². The van der Waals surface area contributed by atoms with Crippen molar-refractivity contribution in [1.29, 1.82) is 0 Å². The second-order valence-corrected chi connectivity index (χ2v) is 23.4. The molecule has 3 aliphatic rings. The van der Waals surface area contributed by atoms with Crippen LogP contribution >= 0.6 is 21.6 Å². The molecule has 0 spiro atoms. The van der Waals surface area contributed by atoms with Crippen molar-refractivity contribution in [2.24, 2.45) is 5.73 Å². The number of ether oxygens (including phenoxy) is 2. The molecule has 8 bridgehead atoms. The number of hydrogen-bond acceptors (Lipinski definition) is 15. The predicted molar refractivity (Wildman–Crippen MR) is 320 cm³/mol. The number of phenolic OH excluding ortho intramolecular Hbond substituents is 1. The zero-order valence-corrected chi connectivity index (χ0v) is 49.1. The number of carboxylic acid groups (broad SMARTS) is 2. The topological polar surface area (TPSA) is 333 Å². The number of anilines is 1. The molecule has 1 aromatic carbocycles. The van der Waals surface area contributed by atoms with Gasteiger partial charge in [-0.25, -0.2) is 19.6 Å². The maximum absolute atomic E-state index is 13.8. The Labute approximate surface area is 487 Å². The first-order valence-corrected chi connectivity index (χ1v) is 29.8. The van der Waals surface area contributed by atoms with Crippen LogP contribution in [0.25, 0.3) is 39.3 Å². The average Bonchev–Trinajstić information content (AvgIpc) is 3.96. The van der Waals surface area contributed by atoms with Crippen LogP contribution in [-0.4, -0.2) is 143 Å². The number of aromatic amines is 3. The summed E-state index contributed by atoms with van der Waals surface area (Å²) >= 11 is 0. The molecule has 24 heteroatoms. The monoisotopic (exact) mass is 1170 g/mol. The first kappa shape index (κ1) is 61.3. The lowest BCUT2D eigenvalue weighted by Crippen LogP contribution is -2.57. The Hall–Kier alpha value is -7.77. The zero-order valence-electron chi connectivity index (χ0n) is 47.4. The fourth-order valence-corrected chi connectivity index (χ4v) is 13.0. The summed E-state index contributed by atoms with van der Waals surface area (Å²) in [6.07, 6.45) is 6.94. The van der Waals surface area contributed by atoms with E-state index < -0.39 is 47.8 Å². The number of benzene rings is 1. The van der Waals surface area contributed by atoms with Gasteiger partial charge in [0.15, 0.2) is 0 Å². The normalized spacial score (nSPS) is 16.9. The number of aromatic hydroxyl groups is 1. The van der Waals surface area contributed by atoms with Crippen LogP contribution in [0.15, 0.2) is 55.5 Å². The van der Waals surface area contributed by atoms with E-state index in [0.29, 0.717) is 46.7 Å². The molecule has 7 heterocycles. The number of allylic oxidation sites excluding steroid dienone is 1. The quantitative estimate of drug-likeness (QED) is 0.0166. The Morgan fingerprint density at radius 3 is 2.41 bits per heavy atom. The molecule has 4 aromatic heterocycles. The summed E-state index contributed by atoms with van der Waals surface area (Å²) in [5, 5.41) is 37.5. The molecule has 440 valence electrons. The number of carbonyl (C=O) groups excluding carboxylic acids is 4. The molecule has 11 N–H and O–H groups in total. The summed E-state index contributed by atoms with van der Waals surface area (Å²) in [5.41, 5.74) is 19.5. The van der Waals surface area contributed by atoms with E-state index in [1.165, 1.54) is 18.5 Å². The number of carbonyl (C=O) groups is 6. The number of aliphatic carboxylic acids is 2. The van der Waals surface area contributed by atoms with Gasteiger partial charge in [-0.15, -0.1) is 0 Å². The van der Waals surface area contributed by atoms with Gasteiger partial charge in [0.2, 0.25) is 23.6 Å². The Kier molecular flexibility index (Phi) is 20.0. The molecule has 1 unspecified atom stereocenters. The van der Waals surface area contributed by atoms with Crippen molar-refractivity contribution >= 4 is 102 Å². The number of nitrogens with two attached hydrogens (primary N) is 1. The van der Waals surface area contributed by atoms with Crippen LogP contribution < -0.4 is 26.6 Å². The number of H-pyrrole nitrogens is 3. The van der Waals surface area contributed by atoms with Crippen LogP contribution in [0.2, 0.25) is 0 Å². The largest absolute Gasteiger partial charge is 0.508 e. The van der Waals surface area contributed by atoms with Crippen molar-refractivity contribution in [2.45, 2.75) is 116 Å². The molecular formula is C59H71N11O11S2. The van der Waals surface area contributed by atoms with Crippen molar-refractivity contribution in [3.63, 3.8) is 0 Å². The summed E-state index contributed by atoms with van der Waals surface area (Å²) < 4.78 is 11.0. The Morgan fingerprint density at radius 1 is 0.952 bits per heavy atom. The number of fused-ring (bicyclic) bond motifs is 9. The number of aromatic nitrogens is 6. The maximum Gasteiger partial charge on any atom is 0.338 e. The number of rotatable bonds is 25. The number of amides is 4. The van der Waals surface area contributed by atoms with Gasteiger partial charge in [-0.1, -0.05) is 54.2 Å². The fourth-order valence-electron chi connectivity index (χ4n) is 10.9. The van der Waals surface area contributed by atoms with E-state index in [1.54, 1.807) is 24.1 Å². The van der Waals surface area contributed by atoms with Gasteiger partial charge in [-0.05, 0) is 105 Å². The highest BCUT2D eigenvalue weighted by Gasteiger charge is 2.38. The van der Waals surface area contributed by atoms with Gasteiger partial charge in [0.05, 0.1) is 48.8 Å². The van der Waals surface area contributed by atoms with Crippen LogP contribution in [0.5, 0.6) is 5.75 Å². The minimum absolute atomic E-state index is 0.00316. The Balaban J connectivity index is 0.791. The number of hydrogen-bond donors (Lipinski definition) is 10. The van der Waals surface area contributed by atoms with Gasteiger partial charge in [0.25, 0.3) is 0 Å². The molecule has 0 aliphatic carbocycles. The average molecular weight is 1170 g/mol. The predicted octanol–water partition coefficient (Wildman–Crippen LogP) is 6.65. The van der Waals surface area contributed by atoms with Crippen molar-refractivity contribution in [1.82, 2.24) is 45.9 Å². The third kappa shape index (κ3) is 14.0. The fraction of sp³-hybridized carbons (Fsp3) is 0.407.